The third-order valence-electron chi connectivity index (χ3n) is 4.53. The Kier molecular flexibility index (Phi) is 4.46. The van der Waals surface area contributed by atoms with Crippen LogP contribution in [-0.2, 0) is 0 Å². The first-order chi connectivity index (χ1) is 7.97. The standard InChI is InChI=1S/C15H29NS/c1-11-9-12(10-17-11)16-14-8-6-5-7-13(14)15(2,3)4/h11-14,16H,5-10H2,1-4H3. The number of rotatable bonds is 2. The van der Waals surface area contributed by atoms with Gasteiger partial charge in [-0.15, -0.1) is 0 Å². The van der Waals surface area contributed by atoms with Crippen molar-refractivity contribution in [1.82, 2.24) is 5.32 Å². The van der Waals surface area contributed by atoms with E-state index in [1.165, 1.54) is 37.9 Å². The van der Waals surface area contributed by atoms with Gasteiger partial charge >= 0.3 is 0 Å². The van der Waals surface area contributed by atoms with Gasteiger partial charge in [-0.2, -0.15) is 11.8 Å². The summed E-state index contributed by atoms with van der Waals surface area (Å²) in [5.41, 5.74) is 0.468. The topological polar surface area (TPSA) is 12.0 Å². The van der Waals surface area contributed by atoms with Gasteiger partial charge < -0.3 is 5.32 Å². The van der Waals surface area contributed by atoms with Crippen LogP contribution in [0.2, 0.25) is 0 Å². The Morgan fingerprint density at radius 1 is 1.12 bits per heavy atom. The van der Waals surface area contributed by atoms with E-state index < -0.39 is 0 Å². The lowest BCUT2D eigenvalue weighted by Gasteiger charge is -2.42. The van der Waals surface area contributed by atoms with Gasteiger partial charge in [0.15, 0.2) is 0 Å². The van der Waals surface area contributed by atoms with E-state index in [-0.39, 0.29) is 0 Å². The lowest BCUT2D eigenvalue weighted by molar-refractivity contribution is 0.124. The van der Waals surface area contributed by atoms with Crippen molar-refractivity contribution in [2.45, 2.75) is 77.1 Å². The molecule has 0 bridgehead atoms. The minimum atomic E-state index is 0.468. The molecular formula is C15H29NS. The monoisotopic (exact) mass is 255 g/mol. The summed E-state index contributed by atoms with van der Waals surface area (Å²) in [6.07, 6.45) is 7.07. The van der Waals surface area contributed by atoms with Crippen molar-refractivity contribution in [1.29, 1.82) is 0 Å². The van der Waals surface area contributed by atoms with Crippen molar-refractivity contribution < 1.29 is 0 Å². The molecule has 1 aliphatic heterocycles. The molecule has 0 aromatic rings. The number of hydrogen-bond donors (Lipinski definition) is 1. The van der Waals surface area contributed by atoms with Crippen molar-refractivity contribution >= 4 is 11.8 Å². The van der Waals surface area contributed by atoms with Crippen LogP contribution in [-0.4, -0.2) is 23.1 Å². The molecule has 0 aromatic carbocycles. The van der Waals surface area contributed by atoms with Crippen molar-refractivity contribution in [2.24, 2.45) is 11.3 Å². The maximum atomic E-state index is 3.98. The van der Waals surface area contributed by atoms with Crippen molar-refractivity contribution in [2.75, 3.05) is 5.75 Å². The molecule has 1 saturated carbocycles. The highest BCUT2D eigenvalue weighted by molar-refractivity contribution is 8.00. The predicted octanol–water partition coefficient (Wildman–Crippen LogP) is 4.07. The molecule has 0 spiro atoms. The van der Waals surface area contributed by atoms with Crippen molar-refractivity contribution in [3.8, 4) is 0 Å². The minimum Gasteiger partial charge on any atom is -0.310 e. The van der Waals surface area contributed by atoms with E-state index in [4.69, 9.17) is 0 Å². The van der Waals surface area contributed by atoms with E-state index in [1.54, 1.807) is 0 Å². The molecule has 2 fully saturated rings. The van der Waals surface area contributed by atoms with Crippen LogP contribution in [0.3, 0.4) is 0 Å². The summed E-state index contributed by atoms with van der Waals surface area (Å²) < 4.78 is 0. The van der Waals surface area contributed by atoms with Crippen LogP contribution in [0, 0.1) is 11.3 Å². The van der Waals surface area contributed by atoms with E-state index in [1.807, 2.05) is 0 Å². The van der Waals surface area contributed by atoms with Gasteiger partial charge in [-0.05, 0) is 30.6 Å². The third kappa shape index (κ3) is 3.64. The molecule has 4 unspecified atom stereocenters. The molecule has 2 heteroatoms. The molecule has 17 heavy (non-hydrogen) atoms. The Morgan fingerprint density at radius 3 is 2.41 bits per heavy atom. The van der Waals surface area contributed by atoms with Crippen LogP contribution in [0.25, 0.3) is 0 Å². The van der Waals surface area contributed by atoms with Gasteiger partial charge in [-0.25, -0.2) is 0 Å². The first-order valence-electron chi connectivity index (χ1n) is 7.34. The highest BCUT2D eigenvalue weighted by atomic mass is 32.2. The molecule has 2 rings (SSSR count). The SMILES string of the molecule is CC1CC(NC2CCCCC2C(C)(C)C)CS1. The maximum Gasteiger partial charge on any atom is 0.0171 e. The van der Waals surface area contributed by atoms with Crippen LogP contribution in [0.1, 0.15) is 59.8 Å². The maximum absolute atomic E-state index is 3.98. The van der Waals surface area contributed by atoms with Crippen LogP contribution < -0.4 is 5.32 Å². The second kappa shape index (κ2) is 5.52. The lowest BCUT2D eigenvalue weighted by Crippen LogP contribution is -2.48. The van der Waals surface area contributed by atoms with Crippen molar-refractivity contribution in [3.05, 3.63) is 0 Å². The van der Waals surface area contributed by atoms with Crippen LogP contribution in [0.4, 0.5) is 0 Å². The first-order valence-corrected chi connectivity index (χ1v) is 8.39. The molecule has 0 amide bonds. The number of hydrogen-bond acceptors (Lipinski definition) is 2. The molecule has 1 nitrogen and oxygen atoms in total. The summed E-state index contributed by atoms with van der Waals surface area (Å²) in [7, 11) is 0. The van der Waals surface area contributed by atoms with Crippen molar-refractivity contribution in [3.63, 3.8) is 0 Å². The second-order valence-corrected chi connectivity index (χ2v) is 8.58. The summed E-state index contributed by atoms with van der Waals surface area (Å²) in [4.78, 5) is 0. The van der Waals surface area contributed by atoms with Gasteiger partial charge in [-0.1, -0.05) is 40.5 Å². The van der Waals surface area contributed by atoms with Crippen LogP contribution >= 0.6 is 11.8 Å². The fourth-order valence-electron chi connectivity index (χ4n) is 3.60. The highest BCUT2D eigenvalue weighted by Crippen LogP contribution is 2.39. The van der Waals surface area contributed by atoms with Gasteiger partial charge in [0.25, 0.3) is 0 Å². The molecule has 4 atom stereocenters. The fourth-order valence-corrected chi connectivity index (χ4v) is 4.76. The average molecular weight is 255 g/mol. The predicted molar refractivity (Wildman–Crippen MR) is 78.7 cm³/mol. The third-order valence-corrected chi connectivity index (χ3v) is 5.88. The molecule has 0 radical (unpaired) electrons. The van der Waals surface area contributed by atoms with E-state index in [0.717, 1.165) is 23.3 Å². The Bertz CT molecular complexity index is 246. The van der Waals surface area contributed by atoms with Gasteiger partial charge in [0.2, 0.25) is 0 Å². The molecule has 1 saturated heterocycles. The van der Waals surface area contributed by atoms with Gasteiger partial charge in [0, 0.05) is 23.1 Å². The molecule has 1 heterocycles. The molecular weight excluding hydrogens is 226 g/mol. The van der Waals surface area contributed by atoms with Gasteiger partial charge in [0.05, 0.1) is 0 Å². The van der Waals surface area contributed by atoms with Crippen LogP contribution in [0.15, 0.2) is 0 Å². The zero-order valence-corrected chi connectivity index (χ0v) is 12.8. The van der Waals surface area contributed by atoms with Gasteiger partial charge in [-0.3, -0.25) is 0 Å². The second-order valence-electron chi connectivity index (χ2n) is 7.11. The Labute approximate surface area is 112 Å². The van der Waals surface area contributed by atoms with E-state index >= 15 is 0 Å². The van der Waals surface area contributed by atoms with E-state index in [2.05, 4.69) is 44.8 Å². The molecule has 1 N–H and O–H groups in total. The highest BCUT2D eigenvalue weighted by Gasteiger charge is 2.36. The lowest BCUT2D eigenvalue weighted by atomic mass is 9.69. The summed E-state index contributed by atoms with van der Waals surface area (Å²) in [5, 5.41) is 4.85. The summed E-state index contributed by atoms with van der Waals surface area (Å²) >= 11 is 2.14. The zero-order chi connectivity index (χ0) is 12.5. The summed E-state index contributed by atoms with van der Waals surface area (Å²) in [6.45, 7) is 9.63. The van der Waals surface area contributed by atoms with Crippen LogP contribution in [0.5, 0.6) is 0 Å². The number of thioether (sulfide) groups is 1. The molecule has 1 aliphatic carbocycles. The van der Waals surface area contributed by atoms with E-state index in [0.29, 0.717) is 5.41 Å². The molecule has 0 aromatic heterocycles. The minimum absolute atomic E-state index is 0.468. The van der Waals surface area contributed by atoms with Gasteiger partial charge in [0.1, 0.15) is 0 Å². The molecule has 100 valence electrons. The molecule has 2 aliphatic rings. The summed E-state index contributed by atoms with van der Waals surface area (Å²) in [5.74, 6) is 2.20. The quantitative estimate of drug-likeness (QED) is 0.798. The number of nitrogens with one attached hydrogen (secondary N) is 1. The normalized spacial score (nSPS) is 39.5. The fraction of sp³-hybridized carbons (Fsp3) is 1.00. The average Bonchev–Trinajstić information content (AvgIpc) is 2.63. The smallest absolute Gasteiger partial charge is 0.0171 e. The Hall–Kier alpha value is 0.310. The first kappa shape index (κ1) is 13.7. The van der Waals surface area contributed by atoms with E-state index in [9.17, 15) is 0 Å². The Balaban J connectivity index is 1.92. The Morgan fingerprint density at radius 2 is 1.82 bits per heavy atom. The largest absolute Gasteiger partial charge is 0.310 e. The summed E-state index contributed by atoms with van der Waals surface area (Å²) in [6, 6.07) is 1.56. The zero-order valence-electron chi connectivity index (χ0n) is 12.0.